The van der Waals surface area contributed by atoms with E-state index in [1.165, 1.54) is 32.1 Å². The average molecular weight is 249 g/mol. The van der Waals surface area contributed by atoms with Gasteiger partial charge in [-0.2, -0.15) is 0 Å². The Morgan fingerprint density at radius 1 is 1.17 bits per heavy atom. The zero-order valence-corrected chi connectivity index (χ0v) is 12.1. The van der Waals surface area contributed by atoms with Gasteiger partial charge in [0.05, 0.1) is 5.60 Å². The van der Waals surface area contributed by atoms with E-state index in [0.717, 1.165) is 18.8 Å². The highest BCUT2D eigenvalue weighted by atomic mass is 16.3. The third-order valence-electron chi connectivity index (χ3n) is 5.84. The molecule has 3 aliphatic rings. The number of hydrogen-bond donors (Lipinski definition) is 2. The molecule has 2 atom stereocenters. The Balaban J connectivity index is 1.88. The van der Waals surface area contributed by atoms with Crippen LogP contribution in [0.5, 0.6) is 0 Å². The van der Waals surface area contributed by atoms with Crippen molar-refractivity contribution < 1.29 is 5.11 Å². The van der Waals surface area contributed by atoms with Crippen LogP contribution in [0.2, 0.25) is 0 Å². The largest absolute Gasteiger partial charge is 0.390 e. The number of nitrogens with one attached hydrogen (secondary N) is 1. The van der Waals surface area contributed by atoms with Gasteiger partial charge in [0, 0.05) is 17.2 Å². The molecule has 0 saturated heterocycles. The van der Waals surface area contributed by atoms with E-state index in [9.17, 15) is 5.11 Å². The normalized spacial score (nSPS) is 48.2. The number of fused-ring (bicyclic) bond motifs is 1. The van der Waals surface area contributed by atoms with Crippen molar-refractivity contribution in [2.45, 2.75) is 77.4 Å². The van der Waals surface area contributed by atoms with Gasteiger partial charge in [0.2, 0.25) is 0 Å². The van der Waals surface area contributed by atoms with Gasteiger partial charge in [0.25, 0.3) is 0 Å². The van der Waals surface area contributed by atoms with Crippen LogP contribution in [0, 0.1) is 11.3 Å². The molecule has 1 spiro atoms. The third kappa shape index (κ3) is 1.80. The van der Waals surface area contributed by atoms with Crippen molar-refractivity contribution in [2.24, 2.45) is 11.3 Å². The molecule has 2 unspecified atom stereocenters. The molecule has 0 radical (unpaired) electrons. The molecular formula is C16H27NO. The molecule has 1 aliphatic heterocycles. The lowest BCUT2D eigenvalue weighted by atomic mass is 9.61. The molecule has 0 aromatic heterocycles. The van der Waals surface area contributed by atoms with Crippen molar-refractivity contribution in [1.82, 2.24) is 5.32 Å². The van der Waals surface area contributed by atoms with Gasteiger partial charge in [0.15, 0.2) is 0 Å². The highest BCUT2D eigenvalue weighted by Gasteiger charge is 2.50. The van der Waals surface area contributed by atoms with Crippen molar-refractivity contribution in [3.8, 4) is 0 Å². The van der Waals surface area contributed by atoms with Crippen LogP contribution in [0.4, 0.5) is 0 Å². The summed E-state index contributed by atoms with van der Waals surface area (Å²) in [5, 5.41) is 14.0. The minimum absolute atomic E-state index is 0.373. The van der Waals surface area contributed by atoms with Crippen LogP contribution in [0.25, 0.3) is 0 Å². The molecule has 3 rings (SSSR count). The first-order valence-electron chi connectivity index (χ1n) is 7.64. The van der Waals surface area contributed by atoms with Crippen molar-refractivity contribution in [3.63, 3.8) is 0 Å². The number of aliphatic hydroxyl groups is 1. The molecule has 0 bridgehead atoms. The number of allylic oxidation sites excluding steroid dienone is 1. The second-order valence-electron chi connectivity index (χ2n) is 7.32. The van der Waals surface area contributed by atoms with E-state index in [4.69, 9.17) is 0 Å². The Kier molecular flexibility index (Phi) is 2.78. The average Bonchev–Trinajstić information content (AvgIpc) is 2.55. The zero-order valence-electron chi connectivity index (χ0n) is 12.1. The molecule has 0 aromatic carbocycles. The number of rotatable bonds is 0. The van der Waals surface area contributed by atoms with Gasteiger partial charge in [-0.3, -0.25) is 0 Å². The summed E-state index contributed by atoms with van der Waals surface area (Å²) in [5.41, 5.74) is 3.24. The molecule has 0 amide bonds. The SMILES string of the molecule is CC1CCC2=C(C1)NC(C)C21CCC(C)(O)CC1. The standard InChI is InChI=1S/C16H27NO/c1-11-4-5-13-14(10-11)17-12(2)16(13)8-6-15(3,18)7-9-16/h11-12,17-18H,4-10H2,1-3H3. The molecule has 1 fully saturated rings. The first-order chi connectivity index (χ1) is 8.43. The molecule has 2 heteroatoms. The van der Waals surface area contributed by atoms with Gasteiger partial charge < -0.3 is 10.4 Å². The Morgan fingerprint density at radius 2 is 1.83 bits per heavy atom. The summed E-state index contributed by atoms with van der Waals surface area (Å²) in [7, 11) is 0. The van der Waals surface area contributed by atoms with E-state index in [2.05, 4.69) is 19.2 Å². The summed E-state index contributed by atoms with van der Waals surface area (Å²) < 4.78 is 0. The van der Waals surface area contributed by atoms with Crippen molar-refractivity contribution in [2.75, 3.05) is 0 Å². The van der Waals surface area contributed by atoms with Gasteiger partial charge in [-0.15, -0.1) is 0 Å². The van der Waals surface area contributed by atoms with Gasteiger partial charge >= 0.3 is 0 Å². The summed E-state index contributed by atoms with van der Waals surface area (Å²) >= 11 is 0. The molecule has 2 nitrogen and oxygen atoms in total. The third-order valence-corrected chi connectivity index (χ3v) is 5.84. The van der Waals surface area contributed by atoms with Crippen LogP contribution in [-0.4, -0.2) is 16.7 Å². The minimum Gasteiger partial charge on any atom is -0.390 e. The maximum Gasteiger partial charge on any atom is 0.0620 e. The summed E-state index contributed by atoms with van der Waals surface area (Å²) in [6.45, 7) is 6.72. The first-order valence-corrected chi connectivity index (χ1v) is 7.64. The van der Waals surface area contributed by atoms with E-state index < -0.39 is 5.60 Å². The van der Waals surface area contributed by atoms with Crippen LogP contribution in [0.15, 0.2) is 11.3 Å². The summed E-state index contributed by atoms with van der Waals surface area (Å²) in [6.07, 6.45) is 8.15. The van der Waals surface area contributed by atoms with Crippen LogP contribution in [0.3, 0.4) is 0 Å². The van der Waals surface area contributed by atoms with Crippen molar-refractivity contribution in [3.05, 3.63) is 11.3 Å². The maximum absolute atomic E-state index is 10.2. The highest BCUT2D eigenvalue weighted by molar-refractivity contribution is 5.33. The fourth-order valence-electron chi connectivity index (χ4n) is 4.44. The van der Waals surface area contributed by atoms with Crippen LogP contribution < -0.4 is 5.32 Å². The van der Waals surface area contributed by atoms with Gasteiger partial charge in [-0.25, -0.2) is 0 Å². The second kappa shape index (κ2) is 4.00. The number of hydrogen-bond acceptors (Lipinski definition) is 2. The van der Waals surface area contributed by atoms with Gasteiger partial charge in [-0.1, -0.05) is 6.92 Å². The Hall–Kier alpha value is -0.500. The molecule has 1 heterocycles. The van der Waals surface area contributed by atoms with Crippen LogP contribution in [-0.2, 0) is 0 Å². The molecule has 1 saturated carbocycles. The Bertz CT molecular complexity index is 373. The Morgan fingerprint density at radius 3 is 2.50 bits per heavy atom. The van der Waals surface area contributed by atoms with Gasteiger partial charge in [-0.05, 0) is 70.3 Å². The monoisotopic (exact) mass is 249 g/mol. The fraction of sp³-hybridized carbons (Fsp3) is 0.875. The zero-order chi connectivity index (χ0) is 13.0. The summed E-state index contributed by atoms with van der Waals surface area (Å²) in [6, 6.07) is 0.573. The summed E-state index contributed by atoms with van der Waals surface area (Å²) in [4.78, 5) is 0. The van der Waals surface area contributed by atoms with E-state index in [-0.39, 0.29) is 0 Å². The smallest absolute Gasteiger partial charge is 0.0620 e. The highest BCUT2D eigenvalue weighted by Crippen LogP contribution is 2.55. The first kappa shape index (κ1) is 12.5. The van der Waals surface area contributed by atoms with Crippen LogP contribution in [0.1, 0.15) is 65.7 Å². The predicted octanol–water partition coefficient (Wildman–Crippen LogP) is 3.36. The molecular weight excluding hydrogens is 222 g/mol. The van der Waals surface area contributed by atoms with E-state index in [1.54, 1.807) is 11.3 Å². The second-order valence-corrected chi connectivity index (χ2v) is 7.32. The molecule has 102 valence electrons. The lowest BCUT2D eigenvalue weighted by Gasteiger charge is -2.45. The quantitative estimate of drug-likeness (QED) is 0.690. The van der Waals surface area contributed by atoms with E-state index >= 15 is 0 Å². The van der Waals surface area contributed by atoms with Crippen molar-refractivity contribution >= 4 is 0 Å². The Labute approximate surface area is 111 Å². The minimum atomic E-state index is -0.420. The molecule has 2 N–H and O–H groups in total. The molecule has 18 heavy (non-hydrogen) atoms. The fourth-order valence-corrected chi connectivity index (χ4v) is 4.44. The summed E-state index contributed by atoms with van der Waals surface area (Å²) in [5.74, 6) is 0.838. The van der Waals surface area contributed by atoms with E-state index in [1.807, 2.05) is 6.92 Å². The molecule has 0 aromatic rings. The molecule has 2 aliphatic carbocycles. The topological polar surface area (TPSA) is 32.3 Å². The maximum atomic E-state index is 10.2. The van der Waals surface area contributed by atoms with E-state index in [0.29, 0.717) is 11.5 Å². The predicted molar refractivity (Wildman–Crippen MR) is 74.2 cm³/mol. The van der Waals surface area contributed by atoms with Crippen LogP contribution >= 0.6 is 0 Å². The lowest BCUT2D eigenvalue weighted by Crippen LogP contribution is -2.44. The van der Waals surface area contributed by atoms with Crippen molar-refractivity contribution in [1.29, 1.82) is 0 Å². The van der Waals surface area contributed by atoms with Gasteiger partial charge in [0.1, 0.15) is 0 Å². The lowest BCUT2D eigenvalue weighted by molar-refractivity contribution is -0.0145.